The Morgan fingerprint density at radius 1 is 1.24 bits per heavy atom. The molecule has 1 amide bonds. The maximum absolute atomic E-state index is 13.1. The van der Waals surface area contributed by atoms with Gasteiger partial charge in [-0.15, -0.1) is 0 Å². The van der Waals surface area contributed by atoms with Gasteiger partial charge in [-0.2, -0.15) is 0 Å². The van der Waals surface area contributed by atoms with Crippen LogP contribution in [0.25, 0.3) is 0 Å². The van der Waals surface area contributed by atoms with Gasteiger partial charge in [-0.25, -0.2) is 4.79 Å². The summed E-state index contributed by atoms with van der Waals surface area (Å²) in [5, 5.41) is 42.8. The molecule has 1 aromatic carbocycles. The molecule has 2 heterocycles. The molecule has 1 unspecified atom stereocenters. The van der Waals surface area contributed by atoms with Crippen LogP contribution in [0.15, 0.2) is 24.3 Å². The molecule has 6 rings (SSSR count). The highest BCUT2D eigenvalue weighted by Crippen LogP contribution is 2.71. The van der Waals surface area contributed by atoms with Gasteiger partial charge < -0.3 is 30.5 Å². The number of anilines is 1. The van der Waals surface area contributed by atoms with Crippen LogP contribution in [-0.4, -0.2) is 55.9 Å². The molecular weight excluding hydrogens is 430 g/mol. The predicted octanol–water partition coefficient (Wildman–Crippen LogP) is 2.20. The van der Waals surface area contributed by atoms with E-state index in [0.29, 0.717) is 12.8 Å². The van der Waals surface area contributed by atoms with Crippen molar-refractivity contribution in [3.8, 4) is 11.5 Å². The lowest BCUT2D eigenvalue weighted by molar-refractivity contribution is -0.179. The SMILES string of the molecule is C[C@]12C[C@@]34C=CC(=O)[C@@](C)(CCC(=O)Nc5c(O)ccc(C(=O)O)c5O)[C@@H]3[C@H](C[C@@H]1C4O)O2. The summed E-state index contributed by atoms with van der Waals surface area (Å²) in [4.78, 5) is 37.0. The number of ether oxygens (including phenoxy) is 1. The maximum atomic E-state index is 13.1. The van der Waals surface area contributed by atoms with Crippen molar-refractivity contribution in [2.45, 2.75) is 57.3 Å². The molecule has 4 fully saturated rings. The van der Waals surface area contributed by atoms with Crippen molar-refractivity contribution in [1.82, 2.24) is 0 Å². The molecule has 2 saturated heterocycles. The van der Waals surface area contributed by atoms with Crippen LogP contribution in [0.5, 0.6) is 11.5 Å². The van der Waals surface area contributed by atoms with E-state index in [1.807, 2.05) is 19.9 Å². The van der Waals surface area contributed by atoms with Gasteiger partial charge in [0.05, 0.1) is 17.8 Å². The molecule has 5 aliphatic rings. The minimum atomic E-state index is -1.40. The molecule has 0 radical (unpaired) electrons. The number of aliphatic hydroxyl groups excluding tert-OH is 1. The van der Waals surface area contributed by atoms with E-state index in [4.69, 9.17) is 9.84 Å². The first-order chi connectivity index (χ1) is 15.4. The molecule has 0 aromatic heterocycles. The van der Waals surface area contributed by atoms with Crippen molar-refractivity contribution in [2.75, 3.05) is 5.32 Å². The third-order valence-corrected chi connectivity index (χ3v) is 8.55. The zero-order chi connectivity index (χ0) is 23.9. The normalized spacial score (nSPS) is 40.2. The number of hydrogen-bond acceptors (Lipinski definition) is 7. The predicted molar refractivity (Wildman–Crippen MR) is 115 cm³/mol. The fourth-order valence-corrected chi connectivity index (χ4v) is 7.12. The first kappa shape index (κ1) is 21.9. The fraction of sp³-hybridized carbons (Fsp3) is 0.542. The standard InChI is InChI=1S/C24H27NO8/c1-22(7-6-16(28)25-17-13(26)4-3-11(18(17)29)21(31)32)15(27)5-8-24-10-23(2)12(20(24)30)9-14(33-23)19(22)24/h3-5,8,12,14,19-20,26,29-30H,6-7,9-10H2,1-2H3,(H,25,28)(H,31,32)/t12-,14+,19+,20?,22-,23+,24+/m1/s1. The van der Waals surface area contributed by atoms with E-state index in [2.05, 4.69) is 5.32 Å². The molecule has 5 N–H and O–H groups in total. The molecule has 2 aliphatic heterocycles. The number of aliphatic hydroxyl groups is 1. The number of aromatic carboxylic acids is 1. The number of carbonyl (C=O) groups is 3. The van der Waals surface area contributed by atoms with E-state index in [1.165, 1.54) is 6.08 Å². The molecule has 33 heavy (non-hydrogen) atoms. The number of aromatic hydroxyl groups is 2. The topological polar surface area (TPSA) is 153 Å². The number of carbonyl (C=O) groups excluding carboxylic acids is 2. The average Bonchev–Trinajstić information content (AvgIpc) is 3.09. The smallest absolute Gasteiger partial charge is 0.339 e. The summed E-state index contributed by atoms with van der Waals surface area (Å²) in [5.74, 6) is -3.57. The van der Waals surface area contributed by atoms with Crippen LogP contribution in [-0.2, 0) is 14.3 Å². The monoisotopic (exact) mass is 457 g/mol. The second-order valence-electron chi connectivity index (χ2n) is 10.3. The third-order valence-electron chi connectivity index (χ3n) is 8.55. The molecule has 176 valence electrons. The van der Waals surface area contributed by atoms with Gasteiger partial charge in [-0.05, 0) is 44.4 Å². The number of benzene rings is 1. The molecule has 1 aromatic rings. The number of amides is 1. The summed E-state index contributed by atoms with van der Waals surface area (Å²) in [6.07, 6.45) is 3.95. The first-order valence-corrected chi connectivity index (χ1v) is 11.1. The minimum Gasteiger partial charge on any atom is -0.506 e. The number of phenolic OH excluding ortho intramolecular Hbond substituents is 1. The van der Waals surface area contributed by atoms with Crippen LogP contribution in [0.3, 0.4) is 0 Å². The van der Waals surface area contributed by atoms with Gasteiger partial charge in [0.2, 0.25) is 5.91 Å². The molecule has 9 heteroatoms. The Morgan fingerprint density at radius 3 is 2.64 bits per heavy atom. The number of carboxylic acid groups (broad SMARTS) is 1. The Hall–Kier alpha value is -2.91. The van der Waals surface area contributed by atoms with Crippen molar-refractivity contribution >= 4 is 23.3 Å². The summed E-state index contributed by atoms with van der Waals surface area (Å²) in [6.45, 7) is 3.83. The number of phenols is 2. The number of nitrogens with one attached hydrogen (secondary N) is 1. The lowest BCUT2D eigenvalue weighted by Crippen LogP contribution is -2.60. The van der Waals surface area contributed by atoms with Crippen molar-refractivity contribution in [3.05, 3.63) is 29.8 Å². The highest BCUT2D eigenvalue weighted by atomic mass is 16.5. The lowest BCUT2D eigenvalue weighted by atomic mass is 9.50. The second-order valence-corrected chi connectivity index (χ2v) is 10.3. The number of hydrogen-bond donors (Lipinski definition) is 5. The summed E-state index contributed by atoms with van der Waals surface area (Å²) in [6, 6.07) is 2.11. The van der Waals surface area contributed by atoms with E-state index >= 15 is 0 Å². The molecule has 9 nitrogen and oxygen atoms in total. The zero-order valence-electron chi connectivity index (χ0n) is 18.4. The number of allylic oxidation sites excluding steroid dienone is 1. The van der Waals surface area contributed by atoms with Gasteiger partial charge in [0.1, 0.15) is 17.0 Å². The van der Waals surface area contributed by atoms with Gasteiger partial charge in [0, 0.05) is 29.1 Å². The Morgan fingerprint density at radius 2 is 1.97 bits per heavy atom. The molecule has 1 spiro atoms. The average molecular weight is 457 g/mol. The van der Waals surface area contributed by atoms with E-state index in [1.54, 1.807) is 0 Å². The largest absolute Gasteiger partial charge is 0.506 e. The quantitative estimate of drug-likeness (QED) is 0.422. The van der Waals surface area contributed by atoms with E-state index in [-0.39, 0.29) is 42.3 Å². The van der Waals surface area contributed by atoms with Gasteiger partial charge in [0.25, 0.3) is 0 Å². The molecule has 7 atom stereocenters. The second kappa shape index (κ2) is 6.80. The van der Waals surface area contributed by atoms with Gasteiger partial charge in [-0.1, -0.05) is 13.0 Å². The molecular formula is C24H27NO8. The lowest BCUT2D eigenvalue weighted by Gasteiger charge is -2.56. The van der Waals surface area contributed by atoms with Crippen molar-refractivity contribution < 1.29 is 39.5 Å². The zero-order valence-corrected chi connectivity index (χ0v) is 18.4. The van der Waals surface area contributed by atoms with Gasteiger partial charge in [0.15, 0.2) is 11.5 Å². The van der Waals surface area contributed by atoms with Crippen LogP contribution in [0.1, 0.15) is 49.9 Å². The minimum absolute atomic E-state index is 0.0246. The summed E-state index contributed by atoms with van der Waals surface area (Å²) in [7, 11) is 0. The Labute approximate surface area is 190 Å². The first-order valence-electron chi connectivity index (χ1n) is 11.1. The van der Waals surface area contributed by atoms with Gasteiger partial charge in [-0.3, -0.25) is 9.59 Å². The van der Waals surface area contributed by atoms with Crippen molar-refractivity contribution in [2.24, 2.45) is 22.7 Å². The van der Waals surface area contributed by atoms with Crippen molar-refractivity contribution in [1.29, 1.82) is 0 Å². The van der Waals surface area contributed by atoms with Crippen LogP contribution in [0, 0.1) is 22.7 Å². The van der Waals surface area contributed by atoms with Crippen LogP contribution < -0.4 is 5.32 Å². The number of carboxylic acids is 1. The van der Waals surface area contributed by atoms with E-state index < -0.39 is 51.5 Å². The maximum Gasteiger partial charge on any atom is 0.339 e. The van der Waals surface area contributed by atoms with Gasteiger partial charge >= 0.3 is 5.97 Å². The van der Waals surface area contributed by atoms with Crippen LogP contribution >= 0.6 is 0 Å². The third kappa shape index (κ3) is 2.81. The van der Waals surface area contributed by atoms with Crippen molar-refractivity contribution in [3.63, 3.8) is 0 Å². The highest BCUT2D eigenvalue weighted by molar-refractivity contribution is 6.00. The van der Waals surface area contributed by atoms with E-state index in [9.17, 15) is 29.7 Å². The summed E-state index contributed by atoms with van der Waals surface area (Å²) < 4.78 is 6.32. The Balaban J connectivity index is 1.38. The molecule has 4 bridgehead atoms. The molecule has 3 aliphatic carbocycles. The van der Waals surface area contributed by atoms with Crippen LogP contribution in [0.2, 0.25) is 0 Å². The number of ketones is 1. The highest BCUT2D eigenvalue weighted by Gasteiger charge is 2.75. The Kier molecular flexibility index (Phi) is 4.52. The number of rotatable bonds is 5. The van der Waals surface area contributed by atoms with E-state index in [0.717, 1.165) is 12.1 Å². The summed E-state index contributed by atoms with van der Waals surface area (Å²) in [5.41, 5.74) is -2.76. The fourth-order valence-electron chi connectivity index (χ4n) is 7.12. The van der Waals surface area contributed by atoms with Crippen LogP contribution in [0.4, 0.5) is 5.69 Å². The molecule has 2 saturated carbocycles. The summed E-state index contributed by atoms with van der Waals surface area (Å²) >= 11 is 0. The Bertz CT molecular complexity index is 1110.